The second-order valence-electron chi connectivity index (χ2n) is 11.8. The van der Waals surface area contributed by atoms with Gasteiger partial charge >= 0.3 is 12.3 Å². The molecule has 2 spiro atoms. The van der Waals surface area contributed by atoms with Crippen LogP contribution >= 0.6 is 0 Å². The van der Waals surface area contributed by atoms with Crippen molar-refractivity contribution >= 4 is 17.7 Å². The SMILES string of the molecule is CC(=O)N1CC2(CCN(c3ccccc3CN3CCCCC34CCN(C(=O)OC(C)C(F)(F)F)CC4)C2)C1. The lowest BCUT2D eigenvalue weighted by Crippen LogP contribution is -2.59. The second-order valence-corrected chi connectivity index (χ2v) is 11.8. The van der Waals surface area contributed by atoms with Crippen molar-refractivity contribution in [2.45, 2.75) is 76.7 Å². The maximum absolute atomic E-state index is 12.9. The minimum atomic E-state index is -4.55. The van der Waals surface area contributed by atoms with Gasteiger partial charge in [0.2, 0.25) is 5.91 Å². The number of hydrogen-bond acceptors (Lipinski definition) is 5. The first kappa shape index (κ1) is 27.1. The van der Waals surface area contributed by atoms with E-state index in [1.807, 2.05) is 4.90 Å². The first-order valence-electron chi connectivity index (χ1n) is 13.9. The molecule has 1 aromatic rings. The van der Waals surface area contributed by atoms with Crippen LogP contribution in [0.4, 0.5) is 23.7 Å². The van der Waals surface area contributed by atoms with Gasteiger partial charge in [0.15, 0.2) is 6.10 Å². The number of likely N-dealkylation sites (tertiary alicyclic amines) is 3. The van der Waals surface area contributed by atoms with Crippen LogP contribution in [0.15, 0.2) is 24.3 Å². The van der Waals surface area contributed by atoms with E-state index in [-0.39, 0.29) is 16.9 Å². The monoisotopic (exact) mass is 536 g/mol. The van der Waals surface area contributed by atoms with Crippen molar-refractivity contribution in [1.82, 2.24) is 14.7 Å². The Kier molecular flexibility index (Phi) is 7.30. The van der Waals surface area contributed by atoms with Gasteiger partial charge in [-0.25, -0.2) is 4.79 Å². The average molecular weight is 537 g/mol. The standard InChI is InChI=1S/C28H39F3N4O3/c1-21(28(29,30)31)38-25(37)32-15-11-27(12-16-32)9-5-6-13-35(27)17-23-7-3-4-8-24(23)33-14-10-26(18-33)19-34(20-26)22(2)36/h3-4,7-8,21H,5-6,9-20H2,1-2H3. The topological polar surface area (TPSA) is 56.3 Å². The van der Waals surface area contributed by atoms with Crippen LogP contribution in [0.25, 0.3) is 0 Å². The molecule has 2 amide bonds. The number of nitrogens with zero attached hydrogens (tertiary/aromatic N) is 4. The van der Waals surface area contributed by atoms with E-state index < -0.39 is 18.4 Å². The second kappa shape index (κ2) is 10.2. The fourth-order valence-corrected chi connectivity index (χ4v) is 6.91. The number of amides is 2. The summed E-state index contributed by atoms with van der Waals surface area (Å²) in [6.45, 7) is 8.75. The highest BCUT2D eigenvalue weighted by Crippen LogP contribution is 2.43. The largest absolute Gasteiger partial charge is 0.437 e. The van der Waals surface area contributed by atoms with Crippen LogP contribution < -0.4 is 4.90 Å². The van der Waals surface area contributed by atoms with E-state index in [1.165, 1.54) is 16.2 Å². The van der Waals surface area contributed by atoms with E-state index in [1.54, 1.807) is 6.92 Å². The van der Waals surface area contributed by atoms with Gasteiger partial charge in [-0.05, 0) is 57.2 Å². The highest BCUT2D eigenvalue weighted by molar-refractivity contribution is 5.74. The summed E-state index contributed by atoms with van der Waals surface area (Å²) in [6, 6.07) is 8.58. The van der Waals surface area contributed by atoms with Crippen LogP contribution in [0, 0.1) is 5.41 Å². The number of para-hydroxylation sites is 1. The molecule has 5 rings (SSSR count). The predicted octanol–water partition coefficient (Wildman–Crippen LogP) is 4.65. The summed E-state index contributed by atoms with van der Waals surface area (Å²) in [5, 5.41) is 0. The molecule has 0 radical (unpaired) electrons. The smallest absolute Gasteiger partial charge is 0.425 e. The number of ether oxygens (including phenoxy) is 1. The first-order chi connectivity index (χ1) is 18.0. The molecule has 38 heavy (non-hydrogen) atoms. The molecule has 0 aliphatic carbocycles. The van der Waals surface area contributed by atoms with Gasteiger partial charge in [0.1, 0.15) is 0 Å². The maximum atomic E-state index is 12.9. The highest BCUT2D eigenvalue weighted by Gasteiger charge is 2.49. The van der Waals surface area contributed by atoms with E-state index >= 15 is 0 Å². The molecule has 210 valence electrons. The number of alkyl halides is 3. The van der Waals surface area contributed by atoms with E-state index in [0.29, 0.717) is 13.1 Å². The summed E-state index contributed by atoms with van der Waals surface area (Å²) in [6.07, 6.45) is -1.70. The Labute approximate surface area is 222 Å². The minimum absolute atomic E-state index is 0.0556. The zero-order valence-electron chi connectivity index (χ0n) is 22.4. The van der Waals surface area contributed by atoms with E-state index in [9.17, 15) is 22.8 Å². The Bertz CT molecular complexity index is 1030. The Morgan fingerprint density at radius 3 is 2.34 bits per heavy atom. The van der Waals surface area contributed by atoms with E-state index in [0.717, 1.165) is 84.7 Å². The maximum Gasteiger partial charge on any atom is 0.425 e. The normalized spacial score (nSPS) is 24.0. The third-order valence-corrected chi connectivity index (χ3v) is 9.31. The molecule has 4 aliphatic heterocycles. The van der Waals surface area contributed by atoms with Crippen molar-refractivity contribution in [3.05, 3.63) is 29.8 Å². The molecular weight excluding hydrogens is 497 g/mol. The summed E-state index contributed by atoms with van der Waals surface area (Å²) >= 11 is 0. The van der Waals surface area contributed by atoms with Crippen molar-refractivity contribution in [3.63, 3.8) is 0 Å². The van der Waals surface area contributed by atoms with Gasteiger partial charge in [-0.3, -0.25) is 9.69 Å². The zero-order chi connectivity index (χ0) is 27.1. The molecule has 4 fully saturated rings. The lowest BCUT2D eigenvalue weighted by Gasteiger charge is -2.51. The molecule has 4 heterocycles. The lowest BCUT2D eigenvalue weighted by atomic mass is 9.78. The summed E-state index contributed by atoms with van der Waals surface area (Å²) in [5.74, 6) is 0.152. The molecule has 1 atom stereocenters. The molecule has 0 N–H and O–H groups in total. The van der Waals surface area contributed by atoms with E-state index in [4.69, 9.17) is 4.74 Å². The third-order valence-electron chi connectivity index (χ3n) is 9.31. The zero-order valence-corrected chi connectivity index (χ0v) is 22.4. The predicted molar refractivity (Wildman–Crippen MR) is 138 cm³/mol. The minimum Gasteiger partial charge on any atom is -0.437 e. The number of rotatable bonds is 4. The van der Waals surface area contributed by atoms with Crippen LogP contribution in [0.2, 0.25) is 0 Å². The number of anilines is 1. The van der Waals surface area contributed by atoms with Crippen LogP contribution in [0.5, 0.6) is 0 Å². The Morgan fingerprint density at radius 2 is 1.66 bits per heavy atom. The fourth-order valence-electron chi connectivity index (χ4n) is 6.91. The van der Waals surface area contributed by atoms with Crippen molar-refractivity contribution < 1.29 is 27.5 Å². The van der Waals surface area contributed by atoms with Crippen molar-refractivity contribution in [2.24, 2.45) is 5.41 Å². The Morgan fingerprint density at radius 1 is 0.947 bits per heavy atom. The molecule has 4 saturated heterocycles. The number of halogens is 3. The van der Waals surface area contributed by atoms with Gasteiger partial charge in [0.05, 0.1) is 0 Å². The number of carbonyl (C=O) groups is 2. The number of benzene rings is 1. The summed E-state index contributed by atoms with van der Waals surface area (Å²) in [7, 11) is 0. The van der Waals surface area contributed by atoms with Gasteiger partial charge in [-0.1, -0.05) is 24.6 Å². The van der Waals surface area contributed by atoms with Crippen LogP contribution in [0.1, 0.15) is 57.9 Å². The van der Waals surface area contributed by atoms with Crippen molar-refractivity contribution in [3.8, 4) is 0 Å². The molecule has 0 bridgehead atoms. The van der Waals surface area contributed by atoms with E-state index in [2.05, 4.69) is 34.1 Å². The summed E-state index contributed by atoms with van der Waals surface area (Å²) in [5.41, 5.74) is 2.69. The van der Waals surface area contributed by atoms with Gasteiger partial charge in [-0.2, -0.15) is 13.2 Å². The molecule has 0 saturated carbocycles. The fraction of sp³-hybridized carbons (Fsp3) is 0.714. The first-order valence-corrected chi connectivity index (χ1v) is 13.9. The number of hydrogen-bond donors (Lipinski definition) is 0. The van der Waals surface area contributed by atoms with Gasteiger partial charge < -0.3 is 19.4 Å². The van der Waals surface area contributed by atoms with Crippen LogP contribution in [-0.2, 0) is 16.1 Å². The van der Waals surface area contributed by atoms with Crippen LogP contribution in [-0.4, -0.2) is 90.3 Å². The molecule has 0 aromatic heterocycles. The molecule has 4 aliphatic rings. The number of carbonyl (C=O) groups excluding carboxylic acids is 2. The quantitative estimate of drug-likeness (QED) is 0.561. The van der Waals surface area contributed by atoms with Crippen molar-refractivity contribution in [1.29, 1.82) is 0 Å². The third kappa shape index (κ3) is 5.33. The summed E-state index contributed by atoms with van der Waals surface area (Å²) < 4.78 is 43.3. The summed E-state index contributed by atoms with van der Waals surface area (Å²) in [4.78, 5) is 32.5. The Hall–Kier alpha value is -2.49. The van der Waals surface area contributed by atoms with Gasteiger partial charge in [-0.15, -0.1) is 0 Å². The molecule has 10 heteroatoms. The van der Waals surface area contributed by atoms with Crippen molar-refractivity contribution in [2.75, 3.05) is 50.7 Å². The lowest BCUT2D eigenvalue weighted by molar-refractivity contribution is -0.200. The highest BCUT2D eigenvalue weighted by atomic mass is 19.4. The van der Waals surface area contributed by atoms with Gasteiger partial charge in [0.25, 0.3) is 0 Å². The number of piperidine rings is 2. The van der Waals surface area contributed by atoms with Crippen LogP contribution in [0.3, 0.4) is 0 Å². The molecule has 1 unspecified atom stereocenters. The molecule has 1 aromatic carbocycles. The average Bonchev–Trinajstić information content (AvgIpc) is 3.31. The molecular formula is C28H39F3N4O3. The van der Waals surface area contributed by atoms with Gasteiger partial charge in [0, 0.05) is 69.4 Å². The Balaban J connectivity index is 1.24. The molecule has 7 nitrogen and oxygen atoms in total.